The van der Waals surface area contributed by atoms with E-state index in [0.29, 0.717) is 24.7 Å². The number of anilines is 1. The number of fused-ring (bicyclic) bond motifs is 1. The van der Waals surface area contributed by atoms with E-state index in [4.69, 9.17) is 9.26 Å². The Morgan fingerprint density at radius 1 is 1.37 bits per heavy atom. The second-order valence-electron chi connectivity index (χ2n) is 7.32. The van der Waals surface area contributed by atoms with Gasteiger partial charge in [-0.3, -0.25) is 14.5 Å². The zero-order chi connectivity index (χ0) is 18.6. The van der Waals surface area contributed by atoms with Crippen LogP contribution in [0.1, 0.15) is 11.3 Å². The number of aromatic nitrogens is 1. The van der Waals surface area contributed by atoms with Gasteiger partial charge in [0.2, 0.25) is 11.8 Å². The molecule has 1 spiro atoms. The van der Waals surface area contributed by atoms with E-state index >= 15 is 0 Å². The van der Waals surface area contributed by atoms with E-state index < -0.39 is 17.4 Å². The molecule has 5 rings (SSSR count). The molecule has 0 saturated carbocycles. The minimum absolute atomic E-state index is 0.144. The van der Waals surface area contributed by atoms with Crippen molar-refractivity contribution >= 4 is 17.6 Å². The Morgan fingerprint density at radius 2 is 2.19 bits per heavy atom. The maximum absolute atomic E-state index is 13.1. The average Bonchev–Trinajstić information content (AvgIpc) is 3.42. The highest BCUT2D eigenvalue weighted by Gasteiger charge is 2.67. The topological polar surface area (TPSA) is 84.7 Å². The molecular formula is C20H19N3O4. The van der Waals surface area contributed by atoms with Crippen LogP contribution in [-0.4, -0.2) is 35.2 Å². The van der Waals surface area contributed by atoms with Gasteiger partial charge in [-0.15, -0.1) is 0 Å². The number of carbonyl (C=O) groups is 2. The summed E-state index contributed by atoms with van der Waals surface area (Å²) in [4.78, 5) is 27.6. The van der Waals surface area contributed by atoms with Gasteiger partial charge in [0.25, 0.3) is 0 Å². The third-order valence-corrected chi connectivity index (χ3v) is 5.60. The first kappa shape index (κ1) is 16.3. The SMILES string of the molecule is Cc1cc(N2C[C@]34C=C[C@@H](O3)[C@H](C(=O)NCc3ccccc3)[C@@H]4C2=O)no1. The van der Waals surface area contributed by atoms with Crippen molar-refractivity contribution < 1.29 is 18.8 Å². The standard InChI is InChI=1S/C20H19N3O4/c1-12-9-15(22-27-12)23-11-20-8-7-14(26-20)16(17(20)19(23)25)18(24)21-10-13-5-3-2-4-6-13/h2-9,14,16-17H,10-11H2,1H3,(H,21,24)/t14-,16+,17-,20+/m1/s1. The smallest absolute Gasteiger partial charge is 0.235 e. The Balaban J connectivity index is 1.38. The lowest BCUT2D eigenvalue weighted by Crippen LogP contribution is -2.44. The van der Waals surface area contributed by atoms with Crippen LogP contribution in [-0.2, 0) is 20.9 Å². The summed E-state index contributed by atoms with van der Waals surface area (Å²) in [6.45, 7) is 2.54. The summed E-state index contributed by atoms with van der Waals surface area (Å²) in [6.07, 6.45) is 3.46. The fourth-order valence-electron chi connectivity index (χ4n) is 4.37. The lowest BCUT2D eigenvalue weighted by atomic mass is 9.77. The number of hydrogen-bond donors (Lipinski definition) is 1. The van der Waals surface area contributed by atoms with Gasteiger partial charge in [-0.2, -0.15) is 0 Å². The van der Waals surface area contributed by atoms with Crippen LogP contribution in [0.5, 0.6) is 0 Å². The molecule has 0 aliphatic carbocycles. The maximum Gasteiger partial charge on any atom is 0.235 e. The first-order valence-corrected chi connectivity index (χ1v) is 9.01. The predicted molar refractivity (Wildman–Crippen MR) is 95.6 cm³/mol. The monoisotopic (exact) mass is 365 g/mol. The summed E-state index contributed by atoms with van der Waals surface area (Å²) >= 11 is 0. The normalized spacial score (nSPS) is 30.8. The van der Waals surface area contributed by atoms with Crippen LogP contribution in [0.2, 0.25) is 0 Å². The van der Waals surface area contributed by atoms with E-state index in [2.05, 4.69) is 10.5 Å². The Hall–Kier alpha value is -2.93. The van der Waals surface area contributed by atoms with Gasteiger partial charge in [0.05, 0.1) is 24.5 Å². The minimum Gasteiger partial charge on any atom is -0.360 e. The first-order chi connectivity index (χ1) is 13.1. The molecule has 3 aliphatic rings. The number of amides is 2. The molecule has 1 aromatic heterocycles. The van der Waals surface area contributed by atoms with Gasteiger partial charge >= 0.3 is 0 Å². The van der Waals surface area contributed by atoms with Gasteiger partial charge in [0.15, 0.2) is 5.82 Å². The maximum atomic E-state index is 13.1. The van der Waals surface area contributed by atoms with Crippen LogP contribution in [0.4, 0.5) is 5.82 Å². The quantitative estimate of drug-likeness (QED) is 0.832. The zero-order valence-corrected chi connectivity index (χ0v) is 14.8. The van der Waals surface area contributed by atoms with Crippen molar-refractivity contribution in [3.05, 3.63) is 59.9 Å². The van der Waals surface area contributed by atoms with Crippen molar-refractivity contribution in [3.63, 3.8) is 0 Å². The molecule has 2 amide bonds. The van der Waals surface area contributed by atoms with Crippen LogP contribution in [0.25, 0.3) is 0 Å². The van der Waals surface area contributed by atoms with E-state index in [1.165, 1.54) is 0 Å². The van der Waals surface area contributed by atoms with E-state index in [-0.39, 0.29) is 17.9 Å². The second kappa shape index (κ2) is 5.79. The van der Waals surface area contributed by atoms with Crippen LogP contribution in [0.15, 0.2) is 53.1 Å². The summed E-state index contributed by atoms with van der Waals surface area (Å²) in [5.74, 6) is -0.290. The largest absolute Gasteiger partial charge is 0.360 e. The van der Waals surface area contributed by atoms with Gasteiger partial charge in [0, 0.05) is 12.6 Å². The average molecular weight is 365 g/mol. The van der Waals surface area contributed by atoms with Crippen molar-refractivity contribution in [1.29, 1.82) is 0 Å². The van der Waals surface area contributed by atoms with Crippen molar-refractivity contribution in [2.24, 2.45) is 11.8 Å². The molecule has 0 radical (unpaired) electrons. The molecule has 2 saturated heterocycles. The Bertz CT molecular complexity index is 938. The number of hydrogen-bond acceptors (Lipinski definition) is 5. The fourth-order valence-corrected chi connectivity index (χ4v) is 4.37. The number of ether oxygens (including phenoxy) is 1. The summed E-state index contributed by atoms with van der Waals surface area (Å²) < 4.78 is 11.2. The molecule has 0 unspecified atom stereocenters. The van der Waals surface area contributed by atoms with Crippen molar-refractivity contribution in [3.8, 4) is 0 Å². The molecule has 2 fully saturated rings. The number of aryl methyl sites for hydroxylation is 1. The molecule has 4 atom stereocenters. The highest BCUT2D eigenvalue weighted by molar-refractivity contribution is 6.02. The number of carbonyl (C=O) groups excluding carboxylic acids is 2. The predicted octanol–water partition coefficient (Wildman–Crippen LogP) is 1.59. The Kier molecular flexibility index (Phi) is 3.48. The molecule has 27 heavy (non-hydrogen) atoms. The highest BCUT2D eigenvalue weighted by Crippen LogP contribution is 2.52. The lowest BCUT2D eigenvalue weighted by molar-refractivity contribution is -0.132. The number of nitrogens with zero attached hydrogens (tertiary/aromatic N) is 2. The number of rotatable bonds is 4. The Morgan fingerprint density at radius 3 is 2.93 bits per heavy atom. The third kappa shape index (κ3) is 2.42. The Labute approximate surface area is 156 Å². The van der Waals surface area contributed by atoms with E-state index in [9.17, 15) is 9.59 Å². The van der Waals surface area contributed by atoms with Gasteiger partial charge in [-0.25, -0.2) is 0 Å². The summed E-state index contributed by atoms with van der Waals surface area (Å²) in [7, 11) is 0. The van der Waals surface area contributed by atoms with Crippen molar-refractivity contribution in [2.75, 3.05) is 11.4 Å². The van der Waals surface area contributed by atoms with Crippen molar-refractivity contribution in [2.45, 2.75) is 25.2 Å². The molecule has 3 aliphatic heterocycles. The van der Waals surface area contributed by atoms with Gasteiger partial charge < -0.3 is 14.6 Å². The number of nitrogens with one attached hydrogen (secondary N) is 1. The molecule has 2 aromatic rings. The van der Waals surface area contributed by atoms with Crippen LogP contribution < -0.4 is 10.2 Å². The van der Waals surface area contributed by atoms with E-state index in [0.717, 1.165) is 5.56 Å². The van der Waals surface area contributed by atoms with Crippen LogP contribution in [0.3, 0.4) is 0 Å². The van der Waals surface area contributed by atoms with Gasteiger partial charge in [-0.05, 0) is 12.5 Å². The first-order valence-electron chi connectivity index (χ1n) is 9.01. The lowest BCUT2D eigenvalue weighted by Gasteiger charge is -2.23. The van der Waals surface area contributed by atoms with Crippen molar-refractivity contribution in [1.82, 2.24) is 10.5 Å². The van der Waals surface area contributed by atoms with E-state index in [1.807, 2.05) is 42.5 Å². The molecule has 2 bridgehead atoms. The molecular weight excluding hydrogens is 346 g/mol. The number of benzene rings is 1. The third-order valence-electron chi connectivity index (χ3n) is 5.60. The fraction of sp³-hybridized carbons (Fsp3) is 0.350. The van der Waals surface area contributed by atoms with Gasteiger partial charge in [-0.1, -0.05) is 47.6 Å². The highest BCUT2D eigenvalue weighted by atomic mass is 16.5. The molecule has 1 N–H and O–H groups in total. The molecule has 138 valence electrons. The van der Waals surface area contributed by atoms with Gasteiger partial charge in [0.1, 0.15) is 11.4 Å². The van der Waals surface area contributed by atoms with E-state index in [1.54, 1.807) is 17.9 Å². The molecule has 7 nitrogen and oxygen atoms in total. The zero-order valence-electron chi connectivity index (χ0n) is 14.8. The van der Waals surface area contributed by atoms with Crippen LogP contribution >= 0.6 is 0 Å². The molecule has 7 heteroatoms. The minimum atomic E-state index is -0.761. The summed E-state index contributed by atoms with van der Waals surface area (Å²) in [5, 5.41) is 6.91. The second-order valence-corrected chi connectivity index (χ2v) is 7.32. The molecule has 4 heterocycles. The van der Waals surface area contributed by atoms with Crippen LogP contribution in [0, 0.1) is 18.8 Å². The summed E-state index contributed by atoms with van der Waals surface area (Å²) in [5.41, 5.74) is 0.251. The summed E-state index contributed by atoms with van der Waals surface area (Å²) in [6, 6.07) is 11.4. The molecule has 1 aromatic carbocycles.